The maximum absolute atomic E-state index is 6.04. The van der Waals surface area contributed by atoms with Crippen LogP contribution in [0.15, 0.2) is 48.5 Å². The lowest BCUT2D eigenvalue weighted by Crippen LogP contribution is -1.91. The number of aromatic nitrogens is 1. The first-order valence-electron chi connectivity index (χ1n) is 6.74. The predicted octanol–water partition coefficient (Wildman–Crippen LogP) is 4.95. The van der Waals surface area contributed by atoms with E-state index in [4.69, 9.17) is 4.74 Å². The van der Waals surface area contributed by atoms with Gasteiger partial charge in [-0.05, 0) is 45.0 Å². The summed E-state index contributed by atoms with van der Waals surface area (Å²) in [4.78, 5) is 4.55. The molecule has 0 spiro atoms. The number of hydrogen-bond donors (Lipinski definition) is 0. The van der Waals surface area contributed by atoms with Gasteiger partial charge in [-0.15, -0.1) is 0 Å². The average Bonchev–Trinajstić information content (AvgIpc) is 2.42. The van der Waals surface area contributed by atoms with Gasteiger partial charge in [0.1, 0.15) is 11.5 Å². The zero-order chi connectivity index (χ0) is 14.1. The zero-order valence-corrected chi connectivity index (χ0v) is 12.0. The van der Waals surface area contributed by atoms with Crippen LogP contribution in [0.5, 0.6) is 11.5 Å². The summed E-state index contributed by atoms with van der Waals surface area (Å²) in [6, 6.07) is 16.3. The van der Waals surface area contributed by atoms with Crippen LogP contribution in [0.2, 0.25) is 0 Å². The number of benzene rings is 2. The van der Waals surface area contributed by atoms with E-state index in [1.165, 1.54) is 11.1 Å². The van der Waals surface area contributed by atoms with Crippen molar-refractivity contribution in [2.45, 2.75) is 20.8 Å². The van der Waals surface area contributed by atoms with Gasteiger partial charge in [0, 0.05) is 17.1 Å². The average molecular weight is 263 g/mol. The zero-order valence-electron chi connectivity index (χ0n) is 12.0. The fraction of sp³-hybridized carbons (Fsp3) is 0.167. The minimum atomic E-state index is 0.851. The minimum absolute atomic E-state index is 0.851. The molecule has 0 aliphatic rings. The molecule has 1 heterocycles. The van der Waals surface area contributed by atoms with Gasteiger partial charge >= 0.3 is 0 Å². The standard InChI is InChI=1S/C18H17NO/c1-12-4-7-15(8-5-12)20-18-11-14(3)19-17-9-6-13(2)10-16(17)18/h4-11H,1-3H3. The monoisotopic (exact) mass is 263 g/mol. The molecule has 0 saturated carbocycles. The summed E-state index contributed by atoms with van der Waals surface area (Å²) in [5.74, 6) is 1.71. The van der Waals surface area contributed by atoms with Crippen LogP contribution in [0.4, 0.5) is 0 Å². The molecular weight excluding hydrogens is 246 g/mol. The molecule has 0 atom stereocenters. The molecule has 0 aliphatic carbocycles. The maximum Gasteiger partial charge on any atom is 0.138 e. The molecule has 0 fully saturated rings. The quantitative estimate of drug-likeness (QED) is 0.652. The van der Waals surface area contributed by atoms with E-state index in [2.05, 4.69) is 43.1 Å². The first-order chi connectivity index (χ1) is 9.61. The van der Waals surface area contributed by atoms with Crippen molar-refractivity contribution in [3.05, 3.63) is 65.4 Å². The Hall–Kier alpha value is -2.35. The first kappa shape index (κ1) is 12.7. The molecule has 1 aromatic heterocycles. The predicted molar refractivity (Wildman–Crippen MR) is 82.5 cm³/mol. The number of ether oxygens (including phenoxy) is 1. The minimum Gasteiger partial charge on any atom is -0.457 e. The summed E-state index contributed by atoms with van der Waals surface area (Å²) < 4.78 is 6.04. The van der Waals surface area contributed by atoms with Crippen LogP contribution in [0.3, 0.4) is 0 Å². The van der Waals surface area contributed by atoms with Crippen molar-refractivity contribution < 1.29 is 4.74 Å². The smallest absolute Gasteiger partial charge is 0.138 e. The van der Waals surface area contributed by atoms with E-state index >= 15 is 0 Å². The summed E-state index contributed by atoms with van der Waals surface area (Å²) in [7, 11) is 0. The van der Waals surface area contributed by atoms with E-state index in [-0.39, 0.29) is 0 Å². The highest BCUT2D eigenvalue weighted by atomic mass is 16.5. The molecule has 20 heavy (non-hydrogen) atoms. The number of aryl methyl sites for hydroxylation is 3. The maximum atomic E-state index is 6.04. The second kappa shape index (κ2) is 4.97. The van der Waals surface area contributed by atoms with Gasteiger partial charge in [0.05, 0.1) is 5.52 Å². The van der Waals surface area contributed by atoms with Gasteiger partial charge in [-0.25, -0.2) is 0 Å². The van der Waals surface area contributed by atoms with Gasteiger partial charge in [-0.3, -0.25) is 4.98 Å². The third-order valence-electron chi connectivity index (χ3n) is 3.30. The second-order valence-corrected chi connectivity index (χ2v) is 5.20. The van der Waals surface area contributed by atoms with Gasteiger partial charge in [0.25, 0.3) is 0 Å². The second-order valence-electron chi connectivity index (χ2n) is 5.20. The van der Waals surface area contributed by atoms with Gasteiger partial charge in [-0.1, -0.05) is 29.3 Å². The normalized spacial score (nSPS) is 10.8. The van der Waals surface area contributed by atoms with E-state index < -0.39 is 0 Å². The molecule has 2 heteroatoms. The molecule has 100 valence electrons. The number of rotatable bonds is 2. The molecule has 0 bridgehead atoms. The summed E-state index contributed by atoms with van der Waals surface area (Å²) in [6.45, 7) is 6.13. The SMILES string of the molecule is Cc1ccc(Oc2cc(C)nc3ccc(C)cc23)cc1. The Kier molecular flexibility index (Phi) is 3.15. The fourth-order valence-corrected chi connectivity index (χ4v) is 2.25. The molecular formula is C18H17NO. The van der Waals surface area contributed by atoms with E-state index in [0.717, 1.165) is 28.1 Å². The van der Waals surface area contributed by atoms with Crippen LogP contribution in [0, 0.1) is 20.8 Å². The Labute approximate surface area is 119 Å². The van der Waals surface area contributed by atoms with E-state index in [1.54, 1.807) is 0 Å². The van der Waals surface area contributed by atoms with Crippen LogP contribution in [0.1, 0.15) is 16.8 Å². The lowest BCUT2D eigenvalue weighted by atomic mass is 10.1. The van der Waals surface area contributed by atoms with Crippen LogP contribution in [-0.4, -0.2) is 4.98 Å². The topological polar surface area (TPSA) is 22.1 Å². The molecule has 2 aromatic carbocycles. The van der Waals surface area contributed by atoms with E-state index in [1.807, 2.05) is 31.2 Å². The molecule has 0 saturated heterocycles. The third-order valence-corrected chi connectivity index (χ3v) is 3.30. The van der Waals surface area contributed by atoms with Crippen molar-refractivity contribution >= 4 is 10.9 Å². The highest BCUT2D eigenvalue weighted by molar-refractivity contribution is 5.86. The Morgan fingerprint density at radius 3 is 2.25 bits per heavy atom. The Balaban J connectivity index is 2.10. The summed E-state index contributed by atoms with van der Waals surface area (Å²) in [6.07, 6.45) is 0. The molecule has 0 amide bonds. The molecule has 2 nitrogen and oxygen atoms in total. The Morgan fingerprint density at radius 1 is 0.800 bits per heavy atom. The van der Waals surface area contributed by atoms with Crippen molar-refractivity contribution in [1.82, 2.24) is 4.98 Å². The Bertz CT molecular complexity index is 760. The lowest BCUT2D eigenvalue weighted by molar-refractivity contribution is 0.487. The van der Waals surface area contributed by atoms with Crippen LogP contribution in [-0.2, 0) is 0 Å². The van der Waals surface area contributed by atoms with Crippen molar-refractivity contribution in [1.29, 1.82) is 0 Å². The van der Waals surface area contributed by atoms with Gasteiger partial charge in [0.2, 0.25) is 0 Å². The van der Waals surface area contributed by atoms with Crippen LogP contribution >= 0.6 is 0 Å². The fourth-order valence-electron chi connectivity index (χ4n) is 2.25. The Morgan fingerprint density at radius 2 is 1.50 bits per heavy atom. The molecule has 0 radical (unpaired) electrons. The summed E-state index contributed by atoms with van der Waals surface area (Å²) in [5, 5.41) is 1.05. The van der Waals surface area contributed by atoms with Crippen molar-refractivity contribution in [2.75, 3.05) is 0 Å². The van der Waals surface area contributed by atoms with Crippen molar-refractivity contribution in [2.24, 2.45) is 0 Å². The molecule has 0 unspecified atom stereocenters. The van der Waals surface area contributed by atoms with Gasteiger partial charge in [0.15, 0.2) is 0 Å². The van der Waals surface area contributed by atoms with E-state index in [9.17, 15) is 0 Å². The first-order valence-corrected chi connectivity index (χ1v) is 6.74. The van der Waals surface area contributed by atoms with Crippen molar-refractivity contribution in [3.8, 4) is 11.5 Å². The third kappa shape index (κ3) is 2.50. The van der Waals surface area contributed by atoms with Crippen molar-refractivity contribution in [3.63, 3.8) is 0 Å². The van der Waals surface area contributed by atoms with Gasteiger partial charge < -0.3 is 4.74 Å². The summed E-state index contributed by atoms with van der Waals surface area (Å²) >= 11 is 0. The van der Waals surface area contributed by atoms with E-state index in [0.29, 0.717) is 0 Å². The van der Waals surface area contributed by atoms with Crippen LogP contribution < -0.4 is 4.74 Å². The highest BCUT2D eigenvalue weighted by Gasteiger charge is 2.06. The van der Waals surface area contributed by atoms with Crippen LogP contribution in [0.25, 0.3) is 10.9 Å². The number of pyridine rings is 1. The molecule has 3 rings (SSSR count). The largest absolute Gasteiger partial charge is 0.457 e. The summed E-state index contributed by atoms with van der Waals surface area (Å²) in [5.41, 5.74) is 4.36. The highest BCUT2D eigenvalue weighted by Crippen LogP contribution is 2.30. The molecule has 3 aromatic rings. The number of nitrogens with zero attached hydrogens (tertiary/aromatic N) is 1. The molecule has 0 aliphatic heterocycles. The van der Waals surface area contributed by atoms with Gasteiger partial charge in [-0.2, -0.15) is 0 Å². The molecule has 0 N–H and O–H groups in total. The lowest BCUT2D eigenvalue weighted by Gasteiger charge is -2.10. The number of fused-ring (bicyclic) bond motifs is 1. The number of hydrogen-bond acceptors (Lipinski definition) is 2.